The molecule has 4 aromatic rings. The Kier molecular flexibility index (Phi) is 5.87. The third kappa shape index (κ3) is 4.24. The maximum Gasteiger partial charge on any atom is 0.155 e. The number of nitrogens with zero attached hydrogens (tertiary/aromatic N) is 6. The molecule has 0 amide bonds. The van der Waals surface area contributed by atoms with Crippen molar-refractivity contribution >= 4 is 17.3 Å². The predicted molar refractivity (Wildman–Crippen MR) is 122 cm³/mol. The zero-order valence-electron chi connectivity index (χ0n) is 18.1. The summed E-state index contributed by atoms with van der Waals surface area (Å²) in [7, 11) is 0. The number of rotatable bonds is 5. The summed E-state index contributed by atoms with van der Waals surface area (Å²) in [6.07, 6.45) is 10.3. The number of aliphatic hydroxyl groups is 1. The van der Waals surface area contributed by atoms with Crippen LogP contribution in [0.1, 0.15) is 36.9 Å². The van der Waals surface area contributed by atoms with Gasteiger partial charge in [0.05, 0.1) is 29.6 Å². The number of aliphatic hydroxyl groups excluding tert-OH is 1. The molecular weight excluding hydrogens is 439 g/mol. The second-order valence-corrected chi connectivity index (χ2v) is 9.48. The molecular formula is C24H23FN6OS. The lowest BCUT2D eigenvalue weighted by Gasteiger charge is -2.25. The van der Waals surface area contributed by atoms with E-state index in [1.807, 2.05) is 30.1 Å². The van der Waals surface area contributed by atoms with Crippen LogP contribution in [-0.2, 0) is 6.54 Å². The highest BCUT2D eigenvalue weighted by Crippen LogP contribution is 2.36. The van der Waals surface area contributed by atoms with Crippen molar-refractivity contribution in [1.82, 2.24) is 24.4 Å². The molecule has 0 saturated heterocycles. The van der Waals surface area contributed by atoms with Crippen LogP contribution in [0.15, 0.2) is 52.9 Å². The topological polar surface area (TPSA) is 92.0 Å². The standard InChI is InChI=1S/C24H23FN6OS/c1-15-20(12-29-30(15)13-16-4-6-19(32)7-5-16)17-9-22(33-24-21(25)3-2-8-27-24)23-18(10-26)11-28-31(23)14-17/h2-3,8-9,11-12,14,16,19,32H,4-7,13H2,1H3/t16-,19-. The van der Waals surface area contributed by atoms with E-state index in [1.165, 1.54) is 24.0 Å². The molecule has 4 aromatic heterocycles. The summed E-state index contributed by atoms with van der Waals surface area (Å²) in [5.74, 6) is 0.0931. The highest BCUT2D eigenvalue weighted by molar-refractivity contribution is 7.99. The maximum atomic E-state index is 14.3. The lowest BCUT2D eigenvalue weighted by molar-refractivity contribution is 0.103. The first-order valence-corrected chi connectivity index (χ1v) is 11.8. The Balaban J connectivity index is 1.52. The minimum Gasteiger partial charge on any atom is -0.393 e. The van der Waals surface area contributed by atoms with Crippen molar-refractivity contribution < 1.29 is 9.50 Å². The first kappa shape index (κ1) is 21.6. The van der Waals surface area contributed by atoms with Crippen molar-refractivity contribution in [3.8, 4) is 17.2 Å². The zero-order valence-corrected chi connectivity index (χ0v) is 19.0. The molecule has 0 aliphatic heterocycles. The molecule has 0 atom stereocenters. The Bertz CT molecular complexity index is 1350. The van der Waals surface area contributed by atoms with E-state index in [0.717, 1.165) is 49.0 Å². The van der Waals surface area contributed by atoms with Gasteiger partial charge in [-0.2, -0.15) is 15.5 Å². The third-order valence-corrected chi connectivity index (χ3v) is 7.32. The molecule has 0 radical (unpaired) electrons. The summed E-state index contributed by atoms with van der Waals surface area (Å²) in [5.41, 5.74) is 3.93. The fraction of sp³-hybridized carbons (Fsp3) is 0.333. The van der Waals surface area contributed by atoms with Gasteiger partial charge in [0.1, 0.15) is 11.1 Å². The lowest BCUT2D eigenvalue weighted by atomic mass is 9.87. The van der Waals surface area contributed by atoms with Gasteiger partial charge in [0.2, 0.25) is 0 Å². The highest BCUT2D eigenvalue weighted by Gasteiger charge is 2.22. The average molecular weight is 463 g/mol. The Morgan fingerprint density at radius 2 is 2.06 bits per heavy atom. The molecule has 0 unspecified atom stereocenters. The minimum absolute atomic E-state index is 0.172. The molecule has 0 bridgehead atoms. The van der Waals surface area contributed by atoms with Crippen molar-refractivity contribution in [1.29, 1.82) is 5.26 Å². The first-order chi connectivity index (χ1) is 16.0. The van der Waals surface area contributed by atoms with Gasteiger partial charge in [-0.3, -0.25) is 4.68 Å². The van der Waals surface area contributed by atoms with E-state index >= 15 is 0 Å². The van der Waals surface area contributed by atoms with Crippen LogP contribution in [0.3, 0.4) is 0 Å². The fourth-order valence-corrected chi connectivity index (χ4v) is 5.40. The van der Waals surface area contributed by atoms with Crippen LogP contribution < -0.4 is 0 Å². The van der Waals surface area contributed by atoms with Crippen LogP contribution in [0.2, 0.25) is 0 Å². The van der Waals surface area contributed by atoms with E-state index in [9.17, 15) is 14.8 Å². The molecule has 4 heterocycles. The van der Waals surface area contributed by atoms with E-state index < -0.39 is 5.82 Å². The van der Waals surface area contributed by atoms with Gasteiger partial charge >= 0.3 is 0 Å². The van der Waals surface area contributed by atoms with E-state index in [2.05, 4.69) is 21.3 Å². The van der Waals surface area contributed by atoms with E-state index in [-0.39, 0.29) is 11.1 Å². The van der Waals surface area contributed by atoms with Crippen molar-refractivity contribution in [2.24, 2.45) is 5.92 Å². The van der Waals surface area contributed by atoms with Crippen LogP contribution in [0.4, 0.5) is 4.39 Å². The molecule has 9 heteroatoms. The summed E-state index contributed by atoms with van der Waals surface area (Å²) in [5, 5.41) is 28.5. The van der Waals surface area contributed by atoms with Crippen LogP contribution in [0, 0.1) is 30.0 Å². The molecule has 5 rings (SSSR count). The molecule has 1 fully saturated rings. The molecule has 0 spiro atoms. The Morgan fingerprint density at radius 1 is 1.24 bits per heavy atom. The predicted octanol–water partition coefficient (Wildman–Crippen LogP) is 4.61. The monoisotopic (exact) mass is 462 g/mol. The summed E-state index contributed by atoms with van der Waals surface area (Å²) >= 11 is 1.18. The lowest BCUT2D eigenvalue weighted by Crippen LogP contribution is -2.22. The SMILES string of the molecule is Cc1c(-c2cc(Sc3ncccc3F)c3c(C#N)cnn3c2)cnn1C[C@H]1CC[C@H](O)CC1. The van der Waals surface area contributed by atoms with E-state index in [4.69, 9.17) is 0 Å². The Labute approximate surface area is 194 Å². The van der Waals surface area contributed by atoms with Crippen LogP contribution in [0.25, 0.3) is 16.6 Å². The van der Waals surface area contributed by atoms with Crippen LogP contribution in [-0.4, -0.2) is 35.6 Å². The van der Waals surface area contributed by atoms with Gasteiger partial charge < -0.3 is 5.11 Å². The van der Waals surface area contributed by atoms with Gasteiger partial charge in [0.25, 0.3) is 0 Å². The van der Waals surface area contributed by atoms with Gasteiger partial charge in [-0.25, -0.2) is 13.9 Å². The minimum atomic E-state index is -0.411. The summed E-state index contributed by atoms with van der Waals surface area (Å²) in [4.78, 5) is 4.86. The molecule has 1 N–H and O–H groups in total. The Morgan fingerprint density at radius 3 is 2.82 bits per heavy atom. The molecule has 0 aromatic carbocycles. The second kappa shape index (κ2) is 8.96. The number of halogens is 1. The van der Waals surface area contributed by atoms with Gasteiger partial charge in [0, 0.05) is 40.7 Å². The largest absolute Gasteiger partial charge is 0.393 e. The number of hydrogen-bond acceptors (Lipinski definition) is 6. The number of hydrogen-bond donors (Lipinski definition) is 1. The smallest absolute Gasteiger partial charge is 0.155 e. The van der Waals surface area contributed by atoms with Crippen molar-refractivity contribution in [3.63, 3.8) is 0 Å². The van der Waals surface area contributed by atoms with Gasteiger partial charge in [0.15, 0.2) is 5.82 Å². The molecule has 1 saturated carbocycles. The van der Waals surface area contributed by atoms with Gasteiger partial charge in [-0.15, -0.1) is 0 Å². The molecule has 33 heavy (non-hydrogen) atoms. The van der Waals surface area contributed by atoms with Crippen LogP contribution in [0.5, 0.6) is 0 Å². The molecule has 1 aliphatic rings. The third-order valence-electron chi connectivity index (χ3n) is 6.29. The second-order valence-electron chi connectivity index (χ2n) is 8.45. The normalized spacial score (nSPS) is 18.5. The number of fused-ring (bicyclic) bond motifs is 1. The van der Waals surface area contributed by atoms with Crippen molar-refractivity contribution in [2.75, 3.05) is 0 Å². The molecule has 168 valence electrons. The number of aromatic nitrogens is 5. The van der Waals surface area contributed by atoms with Gasteiger partial charge in [-0.1, -0.05) is 11.8 Å². The summed E-state index contributed by atoms with van der Waals surface area (Å²) < 4.78 is 18.0. The summed E-state index contributed by atoms with van der Waals surface area (Å²) in [6.45, 7) is 2.86. The van der Waals surface area contributed by atoms with Gasteiger partial charge in [-0.05, 0) is 56.7 Å². The maximum absolute atomic E-state index is 14.3. The zero-order chi connectivity index (χ0) is 22.9. The Hall–Kier alpha value is -3.22. The quantitative estimate of drug-likeness (QED) is 0.466. The fourth-order valence-electron chi connectivity index (χ4n) is 4.43. The molecule has 7 nitrogen and oxygen atoms in total. The number of pyridine rings is 2. The van der Waals surface area contributed by atoms with Crippen LogP contribution >= 0.6 is 11.8 Å². The average Bonchev–Trinajstić information content (AvgIpc) is 3.40. The summed E-state index contributed by atoms with van der Waals surface area (Å²) in [6, 6.07) is 7.04. The number of nitriles is 1. The molecule has 1 aliphatic carbocycles. The van der Waals surface area contributed by atoms with E-state index in [1.54, 1.807) is 16.8 Å². The van der Waals surface area contributed by atoms with Crippen molar-refractivity contribution in [3.05, 3.63) is 60.1 Å². The highest BCUT2D eigenvalue weighted by atomic mass is 32.2. The first-order valence-electron chi connectivity index (χ1n) is 10.9. The van der Waals surface area contributed by atoms with Crippen molar-refractivity contribution in [2.45, 2.75) is 55.2 Å². The van der Waals surface area contributed by atoms with E-state index in [0.29, 0.717) is 21.9 Å².